The summed E-state index contributed by atoms with van der Waals surface area (Å²) >= 11 is 0. The number of carbonyl (C=O) groups is 2. The Hall–Kier alpha value is -3.19. The number of aliphatic hydroxyl groups is 1. The molecular formula is C30H44N4O7S. The summed E-state index contributed by atoms with van der Waals surface area (Å²) in [6.07, 6.45) is 1.45. The Morgan fingerprint density at radius 1 is 1.05 bits per heavy atom. The van der Waals surface area contributed by atoms with E-state index in [0.29, 0.717) is 24.3 Å². The fourth-order valence-corrected chi connectivity index (χ4v) is 6.68. The summed E-state index contributed by atoms with van der Waals surface area (Å²) in [6, 6.07) is 13.5. The number of nitrogens with one attached hydrogen (secondary N) is 3. The van der Waals surface area contributed by atoms with E-state index in [1.165, 1.54) is 12.1 Å². The zero-order valence-corrected chi connectivity index (χ0v) is 25.7. The molecular weight excluding hydrogens is 560 g/mol. The van der Waals surface area contributed by atoms with Gasteiger partial charge in [0.05, 0.1) is 11.4 Å². The van der Waals surface area contributed by atoms with Gasteiger partial charge in [-0.15, -0.1) is 0 Å². The van der Waals surface area contributed by atoms with Gasteiger partial charge in [0, 0.05) is 44.5 Å². The maximum Gasteiger partial charge on any atom is 0.245 e. The van der Waals surface area contributed by atoms with Crippen LogP contribution < -0.4 is 25.4 Å². The molecule has 12 heteroatoms. The highest BCUT2D eigenvalue weighted by Gasteiger charge is 2.43. The van der Waals surface area contributed by atoms with Crippen molar-refractivity contribution in [2.24, 2.45) is 5.92 Å². The summed E-state index contributed by atoms with van der Waals surface area (Å²) in [7, 11) is -2.49. The first-order valence-corrected chi connectivity index (χ1v) is 15.8. The predicted molar refractivity (Wildman–Crippen MR) is 159 cm³/mol. The van der Waals surface area contributed by atoms with Crippen LogP contribution in [0.1, 0.15) is 52.0 Å². The molecule has 0 saturated heterocycles. The normalized spacial score (nSPS) is 14.9. The molecule has 0 saturated carbocycles. The van der Waals surface area contributed by atoms with Gasteiger partial charge in [-0.2, -0.15) is 4.31 Å². The molecule has 0 fully saturated rings. The van der Waals surface area contributed by atoms with Crippen molar-refractivity contribution >= 4 is 21.8 Å². The number of fused-ring (bicyclic) bond motifs is 1. The molecule has 0 aliphatic carbocycles. The lowest BCUT2D eigenvalue weighted by Gasteiger charge is -2.40. The first-order valence-electron chi connectivity index (χ1n) is 14.3. The van der Waals surface area contributed by atoms with Crippen LogP contribution >= 0.6 is 0 Å². The van der Waals surface area contributed by atoms with E-state index in [1.54, 1.807) is 13.1 Å². The second-order valence-corrected chi connectivity index (χ2v) is 12.9. The van der Waals surface area contributed by atoms with Gasteiger partial charge in [-0.3, -0.25) is 9.59 Å². The Kier molecular flexibility index (Phi) is 12.2. The van der Waals surface area contributed by atoms with Crippen molar-refractivity contribution in [2.45, 2.75) is 69.5 Å². The summed E-state index contributed by atoms with van der Waals surface area (Å²) in [5.74, 6) is 0.381. The molecule has 42 heavy (non-hydrogen) atoms. The summed E-state index contributed by atoms with van der Waals surface area (Å²) in [4.78, 5) is 24.3. The van der Waals surface area contributed by atoms with Crippen molar-refractivity contribution < 1.29 is 32.6 Å². The van der Waals surface area contributed by atoms with E-state index < -0.39 is 15.7 Å². The van der Waals surface area contributed by atoms with Crippen LogP contribution in [0.2, 0.25) is 0 Å². The van der Waals surface area contributed by atoms with Crippen molar-refractivity contribution in [2.75, 3.05) is 33.5 Å². The van der Waals surface area contributed by atoms with Crippen molar-refractivity contribution in [1.29, 1.82) is 0 Å². The van der Waals surface area contributed by atoms with E-state index in [0.717, 1.165) is 9.87 Å². The lowest BCUT2D eigenvalue weighted by Crippen LogP contribution is -2.55. The van der Waals surface area contributed by atoms with Gasteiger partial charge in [0.2, 0.25) is 28.6 Å². The monoisotopic (exact) mass is 604 g/mol. The minimum absolute atomic E-state index is 0.00999. The van der Waals surface area contributed by atoms with E-state index in [2.05, 4.69) is 16.0 Å². The molecule has 1 aliphatic heterocycles. The lowest BCUT2D eigenvalue weighted by molar-refractivity contribution is -0.122. The molecule has 232 valence electrons. The number of sulfonamides is 1. The molecule has 1 heterocycles. The number of rotatable bonds is 17. The fourth-order valence-electron chi connectivity index (χ4n) is 4.83. The highest BCUT2D eigenvalue weighted by molar-refractivity contribution is 7.89. The molecule has 4 N–H and O–H groups in total. The second-order valence-electron chi connectivity index (χ2n) is 11.1. The van der Waals surface area contributed by atoms with Crippen molar-refractivity contribution in [1.82, 2.24) is 20.3 Å². The standard InChI is InChI=1S/C30H44N4O7S/c1-22(2)20-34(42(38,39)25-13-14-26-27(17-25)41-21-40-26)30(37,18-24-10-6-5-7-11-24)15-16-32-28(35)12-8-9-23(3)33-29(36)19-31-4/h5-7,10-11,13-14,17,22-23,31,37H,8-9,12,15-16,18-21H2,1-4H3,(H,32,35)(H,33,36). The summed E-state index contributed by atoms with van der Waals surface area (Å²) < 4.78 is 40.0. The number of hydrogen-bond acceptors (Lipinski definition) is 8. The first kappa shape index (κ1) is 33.3. The Morgan fingerprint density at radius 2 is 1.76 bits per heavy atom. The highest BCUT2D eigenvalue weighted by Crippen LogP contribution is 2.37. The quantitative estimate of drug-likeness (QED) is 0.201. The number of ether oxygens (including phenoxy) is 2. The highest BCUT2D eigenvalue weighted by atomic mass is 32.2. The number of carbonyl (C=O) groups excluding carboxylic acids is 2. The minimum Gasteiger partial charge on any atom is -0.454 e. The maximum atomic E-state index is 14.1. The average molecular weight is 605 g/mol. The van der Waals surface area contributed by atoms with Gasteiger partial charge in [-0.05, 0) is 50.4 Å². The third kappa shape index (κ3) is 9.41. The second kappa shape index (κ2) is 15.3. The molecule has 2 atom stereocenters. The van der Waals surface area contributed by atoms with Gasteiger partial charge in [-0.1, -0.05) is 44.2 Å². The summed E-state index contributed by atoms with van der Waals surface area (Å²) in [5, 5.41) is 20.6. The third-order valence-corrected chi connectivity index (χ3v) is 8.81. The van der Waals surface area contributed by atoms with Gasteiger partial charge in [-0.25, -0.2) is 8.42 Å². The van der Waals surface area contributed by atoms with E-state index >= 15 is 0 Å². The fraction of sp³-hybridized carbons (Fsp3) is 0.533. The van der Waals surface area contributed by atoms with Crippen molar-refractivity contribution in [3.63, 3.8) is 0 Å². The molecule has 0 radical (unpaired) electrons. The van der Waals surface area contributed by atoms with Gasteiger partial charge in [0.15, 0.2) is 11.5 Å². The van der Waals surface area contributed by atoms with E-state index in [4.69, 9.17) is 9.47 Å². The molecule has 3 rings (SSSR count). The molecule has 11 nitrogen and oxygen atoms in total. The van der Waals surface area contributed by atoms with Crippen LogP contribution in [0.4, 0.5) is 0 Å². The molecule has 0 spiro atoms. The average Bonchev–Trinajstić information content (AvgIpc) is 3.40. The first-order chi connectivity index (χ1) is 19.9. The van der Waals surface area contributed by atoms with Gasteiger partial charge in [0.1, 0.15) is 5.72 Å². The molecule has 2 aromatic rings. The number of likely N-dealkylation sites (N-methyl/N-ethyl adjacent to an activating group) is 1. The topological polar surface area (TPSA) is 146 Å². The van der Waals surface area contributed by atoms with Gasteiger partial charge >= 0.3 is 0 Å². The van der Waals surface area contributed by atoms with Crippen LogP contribution in [0.25, 0.3) is 0 Å². The molecule has 2 amide bonds. The van der Waals surface area contributed by atoms with Crippen LogP contribution in [0, 0.1) is 5.92 Å². The van der Waals surface area contributed by atoms with E-state index in [-0.39, 0.29) is 74.4 Å². The van der Waals surface area contributed by atoms with Gasteiger partial charge < -0.3 is 30.5 Å². The van der Waals surface area contributed by atoms with Crippen LogP contribution in [-0.2, 0) is 26.0 Å². The number of amides is 2. The van der Waals surface area contributed by atoms with E-state index in [1.807, 2.05) is 51.1 Å². The van der Waals surface area contributed by atoms with Crippen LogP contribution in [-0.4, -0.2) is 74.9 Å². The van der Waals surface area contributed by atoms with Gasteiger partial charge in [0.25, 0.3) is 0 Å². The minimum atomic E-state index is -4.19. The Morgan fingerprint density at radius 3 is 2.45 bits per heavy atom. The van der Waals surface area contributed by atoms with Crippen molar-refractivity contribution in [3.8, 4) is 11.5 Å². The Bertz CT molecular complexity index is 1290. The Balaban J connectivity index is 1.74. The molecule has 1 aliphatic rings. The number of benzene rings is 2. The van der Waals surface area contributed by atoms with Crippen LogP contribution in [0.3, 0.4) is 0 Å². The molecule has 2 aromatic carbocycles. The molecule has 0 aromatic heterocycles. The van der Waals surface area contributed by atoms with Crippen LogP contribution in [0.5, 0.6) is 11.5 Å². The maximum absolute atomic E-state index is 14.1. The zero-order chi connectivity index (χ0) is 30.8. The molecule has 0 bridgehead atoms. The van der Waals surface area contributed by atoms with E-state index in [9.17, 15) is 23.1 Å². The zero-order valence-electron chi connectivity index (χ0n) is 24.9. The Labute approximate surface area is 249 Å². The van der Waals surface area contributed by atoms with Crippen LogP contribution in [0.15, 0.2) is 53.4 Å². The lowest BCUT2D eigenvalue weighted by atomic mass is 9.98. The number of hydrogen-bond donors (Lipinski definition) is 4. The largest absolute Gasteiger partial charge is 0.454 e. The third-order valence-electron chi connectivity index (χ3n) is 6.89. The SMILES string of the molecule is CNCC(=O)NC(C)CCCC(=O)NCCC(O)(Cc1ccccc1)N(CC(C)C)S(=O)(=O)c1ccc2c(c1)OCO2. The summed E-state index contributed by atoms with van der Waals surface area (Å²) in [5.41, 5.74) is -1.07. The summed E-state index contributed by atoms with van der Waals surface area (Å²) in [6.45, 7) is 6.03. The number of nitrogens with zero attached hydrogens (tertiary/aromatic N) is 1. The predicted octanol–water partition coefficient (Wildman–Crippen LogP) is 2.39. The molecule has 2 unspecified atom stereocenters. The smallest absolute Gasteiger partial charge is 0.245 e. The van der Waals surface area contributed by atoms with Crippen molar-refractivity contribution in [3.05, 3.63) is 54.1 Å².